The molecule has 2 aromatic rings. The molecule has 1 aromatic carbocycles. The average molecular weight is 219 g/mol. The van der Waals surface area contributed by atoms with E-state index in [4.69, 9.17) is 17.3 Å². The molecule has 0 aliphatic carbocycles. The summed E-state index contributed by atoms with van der Waals surface area (Å²) in [6.45, 7) is 0.508. The summed E-state index contributed by atoms with van der Waals surface area (Å²) in [4.78, 5) is 4.14. The quantitative estimate of drug-likeness (QED) is 0.842. The molecule has 0 aliphatic rings. The molecule has 0 aliphatic heterocycles. The smallest absolute Gasteiger partial charge is 0.0406 e. The number of hydrogen-bond donors (Lipinski definition) is 1. The van der Waals surface area contributed by atoms with Crippen LogP contribution in [0.5, 0.6) is 0 Å². The van der Waals surface area contributed by atoms with Gasteiger partial charge in [0.15, 0.2) is 0 Å². The van der Waals surface area contributed by atoms with Crippen molar-refractivity contribution in [3.8, 4) is 11.1 Å². The van der Waals surface area contributed by atoms with Gasteiger partial charge in [0.2, 0.25) is 0 Å². The predicted molar refractivity (Wildman–Crippen MR) is 62.6 cm³/mol. The maximum absolute atomic E-state index is 5.82. The highest BCUT2D eigenvalue weighted by molar-refractivity contribution is 6.30. The first-order chi connectivity index (χ1) is 7.29. The van der Waals surface area contributed by atoms with Crippen LogP contribution in [0.25, 0.3) is 11.1 Å². The normalized spacial score (nSPS) is 10.3. The second kappa shape index (κ2) is 4.43. The summed E-state index contributed by atoms with van der Waals surface area (Å²) in [5, 5.41) is 0.738. The molecular weight excluding hydrogens is 208 g/mol. The Morgan fingerprint density at radius 2 is 1.80 bits per heavy atom. The summed E-state index contributed by atoms with van der Waals surface area (Å²) >= 11 is 5.82. The Morgan fingerprint density at radius 3 is 2.47 bits per heavy atom. The molecule has 0 radical (unpaired) electrons. The van der Waals surface area contributed by atoms with Crippen molar-refractivity contribution < 1.29 is 0 Å². The molecule has 2 N–H and O–H groups in total. The summed E-state index contributed by atoms with van der Waals surface area (Å²) in [6.07, 6.45) is 3.60. The monoisotopic (exact) mass is 218 g/mol. The van der Waals surface area contributed by atoms with E-state index in [0.717, 1.165) is 21.7 Å². The molecule has 2 rings (SSSR count). The summed E-state index contributed by atoms with van der Waals surface area (Å²) in [5.74, 6) is 0. The Hall–Kier alpha value is -1.38. The lowest BCUT2D eigenvalue weighted by Crippen LogP contribution is -1.96. The van der Waals surface area contributed by atoms with E-state index in [1.54, 1.807) is 6.20 Å². The highest BCUT2D eigenvalue weighted by Gasteiger charge is 1.99. The first-order valence-corrected chi connectivity index (χ1v) is 5.07. The van der Waals surface area contributed by atoms with Crippen LogP contribution in [0.3, 0.4) is 0 Å². The number of benzene rings is 1. The van der Waals surface area contributed by atoms with Gasteiger partial charge in [-0.05, 0) is 29.3 Å². The summed E-state index contributed by atoms with van der Waals surface area (Å²) in [7, 11) is 0. The molecule has 1 aromatic heterocycles. The van der Waals surface area contributed by atoms with E-state index in [9.17, 15) is 0 Å². The van der Waals surface area contributed by atoms with E-state index in [1.807, 2.05) is 36.5 Å². The lowest BCUT2D eigenvalue weighted by molar-refractivity contribution is 1.05. The molecule has 0 saturated heterocycles. The van der Waals surface area contributed by atoms with Crippen LogP contribution in [0, 0.1) is 0 Å². The average Bonchev–Trinajstić information content (AvgIpc) is 2.30. The number of nitrogens with two attached hydrogens (primary N) is 1. The summed E-state index contributed by atoms with van der Waals surface area (Å²) in [6, 6.07) is 9.72. The van der Waals surface area contributed by atoms with E-state index in [-0.39, 0.29) is 0 Å². The lowest BCUT2D eigenvalue weighted by Gasteiger charge is -2.03. The van der Waals surface area contributed by atoms with Crippen molar-refractivity contribution in [1.29, 1.82) is 0 Å². The molecule has 76 valence electrons. The van der Waals surface area contributed by atoms with Gasteiger partial charge in [0, 0.05) is 29.5 Å². The van der Waals surface area contributed by atoms with E-state index >= 15 is 0 Å². The Labute approximate surface area is 93.7 Å². The third-order valence-corrected chi connectivity index (χ3v) is 2.46. The van der Waals surface area contributed by atoms with Gasteiger partial charge in [-0.1, -0.05) is 23.7 Å². The highest BCUT2D eigenvalue weighted by atomic mass is 35.5. The number of pyridine rings is 1. The van der Waals surface area contributed by atoms with Gasteiger partial charge >= 0.3 is 0 Å². The topological polar surface area (TPSA) is 38.9 Å². The van der Waals surface area contributed by atoms with Gasteiger partial charge in [0.25, 0.3) is 0 Å². The second-order valence-electron chi connectivity index (χ2n) is 3.29. The van der Waals surface area contributed by atoms with Crippen molar-refractivity contribution in [2.45, 2.75) is 6.54 Å². The fourth-order valence-corrected chi connectivity index (χ4v) is 1.53. The molecule has 0 atom stereocenters. The Balaban J connectivity index is 2.40. The minimum Gasteiger partial charge on any atom is -0.326 e. The van der Waals surface area contributed by atoms with Gasteiger partial charge < -0.3 is 5.73 Å². The van der Waals surface area contributed by atoms with Crippen LogP contribution in [-0.4, -0.2) is 4.98 Å². The molecule has 1 heterocycles. The number of aromatic nitrogens is 1. The molecule has 15 heavy (non-hydrogen) atoms. The molecule has 0 fully saturated rings. The molecule has 2 nitrogen and oxygen atoms in total. The fourth-order valence-electron chi connectivity index (χ4n) is 1.40. The molecule has 0 unspecified atom stereocenters. The van der Waals surface area contributed by atoms with E-state index in [0.29, 0.717) is 6.54 Å². The Bertz CT molecular complexity index is 451. The van der Waals surface area contributed by atoms with E-state index < -0.39 is 0 Å². The van der Waals surface area contributed by atoms with Gasteiger partial charge in [-0.2, -0.15) is 0 Å². The summed E-state index contributed by atoms with van der Waals surface area (Å²) in [5.41, 5.74) is 8.75. The van der Waals surface area contributed by atoms with Crippen molar-refractivity contribution >= 4 is 11.6 Å². The third kappa shape index (κ3) is 2.35. The first kappa shape index (κ1) is 10.1. The zero-order valence-corrected chi connectivity index (χ0v) is 8.91. The minimum absolute atomic E-state index is 0.508. The van der Waals surface area contributed by atoms with Gasteiger partial charge in [0.1, 0.15) is 0 Å². The van der Waals surface area contributed by atoms with Crippen LogP contribution >= 0.6 is 11.6 Å². The number of hydrogen-bond acceptors (Lipinski definition) is 2. The zero-order chi connectivity index (χ0) is 10.7. The highest BCUT2D eigenvalue weighted by Crippen LogP contribution is 2.21. The van der Waals surface area contributed by atoms with Crippen molar-refractivity contribution in [3.05, 3.63) is 53.3 Å². The van der Waals surface area contributed by atoms with Gasteiger partial charge in [-0.3, -0.25) is 4.98 Å². The van der Waals surface area contributed by atoms with Gasteiger partial charge in [-0.25, -0.2) is 0 Å². The van der Waals surface area contributed by atoms with Crippen molar-refractivity contribution in [2.75, 3.05) is 0 Å². The first-order valence-electron chi connectivity index (χ1n) is 4.69. The molecule has 3 heteroatoms. The third-order valence-electron chi connectivity index (χ3n) is 2.21. The van der Waals surface area contributed by atoms with Crippen molar-refractivity contribution in [2.24, 2.45) is 5.73 Å². The predicted octanol–water partition coefficient (Wildman–Crippen LogP) is 2.86. The number of nitrogens with zero attached hydrogens (tertiary/aromatic N) is 1. The van der Waals surface area contributed by atoms with Crippen LogP contribution in [0.15, 0.2) is 42.7 Å². The van der Waals surface area contributed by atoms with E-state index in [2.05, 4.69) is 4.98 Å². The second-order valence-corrected chi connectivity index (χ2v) is 3.73. The fraction of sp³-hybridized carbons (Fsp3) is 0.0833. The van der Waals surface area contributed by atoms with Crippen LogP contribution in [0.1, 0.15) is 5.56 Å². The van der Waals surface area contributed by atoms with Crippen LogP contribution in [0.4, 0.5) is 0 Å². The molecule has 0 spiro atoms. The SMILES string of the molecule is NCc1cncc(-c2ccc(Cl)cc2)c1. The van der Waals surface area contributed by atoms with Crippen LogP contribution in [-0.2, 0) is 6.54 Å². The number of halogens is 1. The Morgan fingerprint density at radius 1 is 1.07 bits per heavy atom. The molecule has 0 bridgehead atoms. The molecule has 0 saturated carbocycles. The van der Waals surface area contributed by atoms with E-state index in [1.165, 1.54) is 0 Å². The molecule has 0 amide bonds. The Kier molecular flexibility index (Phi) is 2.99. The maximum atomic E-state index is 5.82. The van der Waals surface area contributed by atoms with Crippen molar-refractivity contribution in [3.63, 3.8) is 0 Å². The van der Waals surface area contributed by atoms with Crippen LogP contribution < -0.4 is 5.73 Å². The van der Waals surface area contributed by atoms with Crippen LogP contribution in [0.2, 0.25) is 5.02 Å². The minimum atomic E-state index is 0.508. The number of rotatable bonds is 2. The maximum Gasteiger partial charge on any atom is 0.0406 e. The molecular formula is C12H11ClN2. The summed E-state index contributed by atoms with van der Waals surface area (Å²) < 4.78 is 0. The zero-order valence-electron chi connectivity index (χ0n) is 8.15. The largest absolute Gasteiger partial charge is 0.326 e. The van der Waals surface area contributed by atoms with Gasteiger partial charge in [-0.15, -0.1) is 0 Å². The van der Waals surface area contributed by atoms with Crippen molar-refractivity contribution in [1.82, 2.24) is 4.98 Å². The lowest BCUT2D eigenvalue weighted by atomic mass is 10.1. The standard InChI is InChI=1S/C12H11ClN2/c13-12-3-1-10(2-4-12)11-5-9(6-14)7-15-8-11/h1-5,7-8H,6,14H2. The van der Waals surface area contributed by atoms with Gasteiger partial charge in [0.05, 0.1) is 0 Å².